The second kappa shape index (κ2) is 16.2. The van der Waals surface area contributed by atoms with Gasteiger partial charge in [0.05, 0.1) is 27.9 Å². The van der Waals surface area contributed by atoms with Crippen LogP contribution in [0.2, 0.25) is 0 Å². The fraction of sp³-hybridized carbons (Fsp3) is 0.519. The van der Waals surface area contributed by atoms with Gasteiger partial charge in [-0.15, -0.1) is 0 Å². The largest absolute Gasteiger partial charge is 0.493 e. The standard InChI is InChI=1S/C16H23NO5.C11H15NO2/c1-11-7-5-6-8-17(11)16(18)22-12-9-13(19-2)15(21-4)14(10-12)20-3;13-10-14-8-3-1-2-5-11-6-4-7-12-9-11/h9-11H,5-8H2,1-4H3;4,6-7,9-10H,1-3,5,8H2. The molecule has 1 unspecified atom stereocenters. The van der Waals surface area contributed by atoms with E-state index < -0.39 is 0 Å². The first-order valence-corrected chi connectivity index (χ1v) is 12.3. The van der Waals surface area contributed by atoms with E-state index in [4.69, 9.17) is 18.9 Å². The highest BCUT2D eigenvalue weighted by Gasteiger charge is 2.25. The van der Waals surface area contributed by atoms with Gasteiger partial charge < -0.3 is 28.6 Å². The van der Waals surface area contributed by atoms with Crippen molar-refractivity contribution in [3.05, 3.63) is 42.2 Å². The van der Waals surface area contributed by atoms with Crippen molar-refractivity contribution in [2.24, 2.45) is 0 Å². The molecule has 2 heterocycles. The van der Waals surface area contributed by atoms with Gasteiger partial charge >= 0.3 is 6.09 Å². The molecule has 0 N–H and O–H groups in total. The molecule has 36 heavy (non-hydrogen) atoms. The predicted octanol–water partition coefficient (Wildman–Crippen LogP) is 5.05. The number of amides is 1. The third-order valence-corrected chi connectivity index (χ3v) is 5.90. The molecule has 1 aliphatic rings. The van der Waals surface area contributed by atoms with E-state index in [-0.39, 0.29) is 12.1 Å². The topological polar surface area (TPSA) is 96.4 Å². The van der Waals surface area contributed by atoms with Gasteiger partial charge in [-0.1, -0.05) is 6.07 Å². The summed E-state index contributed by atoms with van der Waals surface area (Å²) in [4.78, 5) is 27.9. The lowest BCUT2D eigenvalue weighted by Crippen LogP contribution is -2.43. The number of likely N-dealkylation sites (tertiary alicyclic amines) is 1. The number of ether oxygens (including phenoxy) is 5. The van der Waals surface area contributed by atoms with Crippen LogP contribution >= 0.6 is 0 Å². The monoisotopic (exact) mass is 502 g/mol. The first-order chi connectivity index (χ1) is 17.5. The summed E-state index contributed by atoms with van der Waals surface area (Å²) in [5, 5.41) is 0. The molecule has 9 heteroatoms. The van der Waals surface area contributed by atoms with Gasteiger partial charge in [-0.25, -0.2) is 4.79 Å². The number of methoxy groups -OCH3 is 3. The van der Waals surface area contributed by atoms with Gasteiger partial charge in [-0.2, -0.15) is 0 Å². The molecule has 9 nitrogen and oxygen atoms in total. The predicted molar refractivity (Wildman–Crippen MR) is 136 cm³/mol. The number of nitrogens with zero attached hydrogens (tertiary/aromatic N) is 2. The maximum absolute atomic E-state index is 12.3. The van der Waals surface area contributed by atoms with E-state index in [1.807, 2.05) is 19.2 Å². The number of piperidine rings is 1. The van der Waals surface area contributed by atoms with Crippen molar-refractivity contribution >= 4 is 12.6 Å². The number of aryl methyl sites for hydroxylation is 1. The summed E-state index contributed by atoms with van der Waals surface area (Å²) < 4.78 is 25.8. The Morgan fingerprint density at radius 1 is 1.08 bits per heavy atom. The summed E-state index contributed by atoms with van der Waals surface area (Å²) in [5.74, 6) is 1.75. The molecule has 0 spiro atoms. The maximum atomic E-state index is 12.3. The summed E-state index contributed by atoms with van der Waals surface area (Å²) in [7, 11) is 4.58. The van der Waals surface area contributed by atoms with Crippen LogP contribution in [0.5, 0.6) is 23.0 Å². The second-order valence-electron chi connectivity index (χ2n) is 8.41. The van der Waals surface area contributed by atoms with Crippen molar-refractivity contribution < 1.29 is 33.3 Å². The SMILES string of the molecule is COc1cc(OC(=O)N2CCCCC2C)cc(OC)c1OC.O=COCCCCCc1cccnc1. The van der Waals surface area contributed by atoms with Crippen LogP contribution in [-0.2, 0) is 16.0 Å². The molecule has 1 aliphatic heterocycles. The number of hydrogen-bond donors (Lipinski definition) is 0. The van der Waals surface area contributed by atoms with Crippen molar-refractivity contribution in [3.63, 3.8) is 0 Å². The maximum Gasteiger partial charge on any atom is 0.415 e. The Labute approximate surface area is 213 Å². The van der Waals surface area contributed by atoms with E-state index in [1.54, 1.807) is 23.2 Å². The Morgan fingerprint density at radius 3 is 2.42 bits per heavy atom. The van der Waals surface area contributed by atoms with Gasteiger partial charge in [0.1, 0.15) is 5.75 Å². The third kappa shape index (κ3) is 9.28. The van der Waals surface area contributed by atoms with E-state index in [0.717, 1.165) is 51.5 Å². The van der Waals surface area contributed by atoms with Crippen molar-refractivity contribution in [3.8, 4) is 23.0 Å². The molecule has 0 bridgehead atoms. The highest BCUT2D eigenvalue weighted by Crippen LogP contribution is 2.41. The van der Waals surface area contributed by atoms with Crippen LogP contribution < -0.4 is 18.9 Å². The molecule has 1 amide bonds. The minimum absolute atomic E-state index is 0.197. The third-order valence-electron chi connectivity index (χ3n) is 5.90. The Hall–Kier alpha value is -3.49. The van der Waals surface area contributed by atoms with Gasteiger partial charge in [0.2, 0.25) is 5.75 Å². The lowest BCUT2D eigenvalue weighted by molar-refractivity contribution is -0.128. The summed E-state index contributed by atoms with van der Waals surface area (Å²) >= 11 is 0. The smallest absolute Gasteiger partial charge is 0.415 e. The van der Waals surface area contributed by atoms with E-state index >= 15 is 0 Å². The zero-order valence-corrected chi connectivity index (χ0v) is 21.7. The number of pyridine rings is 1. The molecule has 1 saturated heterocycles. The van der Waals surface area contributed by atoms with Crippen molar-refractivity contribution in [1.82, 2.24) is 9.88 Å². The Bertz CT molecular complexity index is 899. The van der Waals surface area contributed by atoms with Crippen molar-refractivity contribution in [2.75, 3.05) is 34.5 Å². The Morgan fingerprint density at radius 2 is 1.83 bits per heavy atom. The fourth-order valence-electron chi connectivity index (χ4n) is 3.93. The molecule has 1 atom stereocenters. The van der Waals surface area contributed by atoms with Crippen molar-refractivity contribution in [1.29, 1.82) is 0 Å². The zero-order chi connectivity index (χ0) is 26.2. The first-order valence-electron chi connectivity index (χ1n) is 12.3. The molecule has 1 aromatic carbocycles. The molecule has 1 fully saturated rings. The molecule has 2 aromatic rings. The summed E-state index contributed by atoms with van der Waals surface area (Å²) in [6.45, 7) is 3.80. The van der Waals surface area contributed by atoms with Gasteiger partial charge in [-0.3, -0.25) is 9.78 Å². The van der Waals surface area contributed by atoms with Crippen LogP contribution in [-0.4, -0.2) is 63.0 Å². The Kier molecular flexibility index (Phi) is 13.0. The van der Waals surface area contributed by atoms with Crippen molar-refractivity contribution in [2.45, 2.75) is 57.9 Å². The van der Waals surface area contributed by atoms with Crippen LogP contribution in [0, 0.1) is 0 Å². The van der Waals surface area contributed by atoms with Gasteiger partial charge in [0.15, 0.2) is 11.5 Å². The normalized spacial score (nSPS) is 14.7. The fourth-order valence-corrected chi connectivity index (χ4v) is 3.93. The average Bonchev–Trinajstić information content (AvgIpc) is 2.91. The first kappa shape index (κ1) is 28.7. The van der Waals surface area contributed by atoms with Crippen LogP contribution in [0.15, 0.2) is 36.7 Å². The van der Waals surface area contributed by atoms with E-state index in [0.29, 0.717) is 36.1 Å². The second-order valence-corrected chi connectivity index (χ2v) is 8.41. The number of unbranched alkanes of at least 4 members (excludes halogenated alkanes) is 2. The molecular weight excluding hydrogens is 464 g/mol. The van der Waals surface area contributed by atoms with E-state index in [1.165, 1.54) is 26.9 Å². The molecule has 0 aliphatic carbocycles. The lowest BCUT2D eigenvalue weighted by Gasteiger charge is -2.32. The molecule has 1 aromatic heterocycles. The zero-order valence-electron chi connectivity index (χ0n) is 21.7. The minimum Gasteiger partial charge on any atom is -0.493 e. The quantitative estimate of drug-likeness (QED) is 0.311. The van der Waals surface area contributed by atoms with Gasteiger partial charge in [0.25, 0.3) is 6.47 Å². The molecular formula is C27H38N2O7. The highest BCUT2D eigenvalue weighted by molar-refractivity contribution is 5.72. The number of carbonyl (C=O) groups excluding carboxylic acids is 2. The summed E-state index contributed by atoms with van der Waals surface area (Å²) in [5.41, 5.74) is 1.27. The highest BCUT2D eigenvalue weighted by atomic mass is 16.6. The lowest BCUT2D eigenvalue weighted by atomic mass is 10.0. The number of rotatable bonds is 11. The number of hydrogen-bond acceptors (Lipinski definition) is 8. The van der Waals surface area contributed by atoms with Gasteiger partial charge in [-0.05, 0) is 63.5 Å². The van der Waals surface area contributed by atoms with Crippen LogP contribution in [0.25, 0.3) is 0 Å². The minimum atomic E-state index is -0.346. The summed E-state index contributed by atoms with van der Waals surface area (Å²) in [6, 6.07) is 7.46. The molecule has 0 radical (unpaired) electrons. The number of aromatic nitrogens is 1. The number of benzene rings is 1. The van der Waals surface area contributed by atoms with Crippen LogP contribution in [0.3, 0.4) is 0 Å². The van der Waals surface area contributed by atoms with Crippen LogP contribution in [0.4, 0.5) is 4.79 Å². The molecule has 0 saturated carbocycles. The summed E-state index contributed by atoms with van der Waals surface area (Å²) in [6.07, 6.45) is 10.7. The van der Waals surface area contributed by atoms with Crippen LogP contribution in [0.1, 0.15) is 51.0 Å². The molecule has 198 valence electrons. The molecule has 3 rings (SSSR count). The Balaban J connectivity index is 0.000000281. The van der Waals surface area contributed by atoms with Gasteiger partial charge in [0, 0.05) is 37.1 Å². The van der Waals surface area contributed by atoms with E-state index in [2.05, 4.69) is 15.8 Å². The number of carbonyl (C=O) groups is 2. The van der Waals surface area contributed by atoms with E-state index in [9.17, 15) is 9.59 Å². The average molecular weight is 503 g/mol.